The first-order valence-electron chi connectivity index (χ1n) is 5.48. The van der Waals surface area contributed by atoms with E-state index in [1.54, 1.807) is 17.3 Å². The van der Waals surface area contributed by atoms with Crippen LogP contribution < -0.4 is 5.32 Å². The Hall–Kier alpha value is -2.29. The first-order valence-corrected chi connectivity index (χ1v) is 5.48. The first kappa shape index (κ1) is 11.2. The number of nitrogens with zero attached hydrogens (tertiary/aromatic N) is 1. The zero-order valence-electron chi connectivity index (χ0n) is 9.41. The number of benzene rings is 1. The molecule has 0 saturated carbocycles. The minimum atomic E-state index is -0.127. The molecule has 0 aliphatic carbocycles. The van der Waals surface area contributed by atoms with Gasteiger partial charge < -0.3 is 5.32 Å². The summed E-state index contributed by atoms with van der Waals surface area (Å²) >= 11 is 0. The zero-order chi connectivity index (χ0) is 11.9. The molecule has 0 aromatic heterocycles. The van der Waals surface area contributed by atoms with Crippen molar-refractivity contribution in [1.82, 2.24) is 10.2 Å². The molecule has 2 amide bonds. The van der Waals surface area contributed by atoms with Crippen LogP contribution in [0.25, 0.3) is 6.08 Å². The molecule has 1 aromatic carbocycles. The van der Waals surface area contributed by atoms with Crippen LogP contribution in [0.4, 0.5) is 4.79 Å². The van der Waals surface area contributed by atoms with Gasteiger partial charge in [0.25, 0.3) is 0 Å². The highest BCUT2D eigenvalue weighted by Crippen LogP contribution is 2.01. The van der Waals surface area contributed by atoms with Gasteiger partial charge in [0.15, 0.2) is 0 Å². The van der Waals surface area contributed by atoms with Crippen LogP contribution in [0.1, 0.15) is 5.56 Å². The van der Waals surface area contributed by atoms with Crippen LogP contribution in [0.5, 0.6) is 0 Å². The lowest BCUT2D eigenvalue weighted by atomic mass is 10.2. The molecule has 1 aromatic rings. The highest BCUT2D eigenvalue weighted by atomic mass is 16.2. The van der Waals surface area contributed by atoms with Crippen LogP contribution in [0.3, 0.4) is 0 Å². The van der Waals surface area contributed by atoms with E-state index in [2.05, 4.69) is 5.32 Å². The standard InChI is InChI=1S/C14H14N2O/c17-14(16-11-5-2-6-12-16)15-10-9-13-7-3-1-4-8-13/h1-11H,12H2,(H,15,17). The number of carbonyl (C=O) groups excluding carboxylic acids is 1. The van der Waals surface area contributed by atoms with Gasteiger partial charge in [0.1, 0.15) is 0 Å². The molecule has 2 rings (SSSR count). The van der Waals surface area contributed by atoms with E-state index in [1.165, 1.54) is 0 Å². The smallest absolute Gasteiger partial charge is 0.314 e. The fourth-order valence-corrected chi connectivity index (χ4v) is 1.47. The van der Waals surface area contributed by atoms with E-state index in [4.69, 9.17) is 0 Å². The van der Waals surface area contributed by atoms with Crippen molar-refractivity contribution in [3.63, 3.8) is 0 Å². The van der Waals surface area contributed by atoms with Crippen molar-refractivity contribution in [3.8, 4) is 0 Å². The van der Waals surface area contributed by atoms with Gasteiger partial charge in [-0.25, -0.2) is 4.79 Å². The van der Waals surface area contributed by atoms with E-state index >= 15 is 0 Å². The van der Waals surface area contributed by atoms with Gasteiger partial charge in [0, 0.05) is 18.9 Å². The summed E-state index contributed by atoms with van der Waals surface area (Å²) in [5, 5.41) is 2.72. The van der Waals surface area contributed by atoms with E-state index in [9.17, 15) is 4.79 Å². The highest BCUT2D eigenvalue weighted by Gasteiger charge is 2.07. The average molecular weight is 226 g/mol. The summed E-state index contributed by atoms with van der Waals surface area (Å²) < 4.78 is 0. The topological polar surface area (TPSA) is 32.3 Å². The Morgan fingerprint density at radius 1 is 1.24 bits per heavy atom. The molecule has 1 aliphatic rings. The summed E-state index contributed by atoms with van der Waals surface area (Å²) in [4.78, 5) is 13.3. The number of allylic oxidation sites excluding steroid dienone is 2. The summed E-state index contributed by atoms with van der Waals surface area (Å²) in [6.07, 6.45) is 11.0. The fourth-order valence-electron chi connectivity index (χ4n) is 1.47. The van der Waals surface area contributed by atoms with Crippen LogP contribution >= 0.6 is 0 Å². The molecule has 0 fully saturated rings. The number of rotatable bonds is 2. The zero-order valence-corrected chi connectivity index (χ0v) is 9.41. The lowest BCUT2D eigenvalue weighted by molar-refractivity contribution is 0.222. The number of carbonyl (C=O) groups is 1. The predicted octanol–water partition coefficient (Wildman–Crippen LogP) is 2.75. The Balaban J connectivity index is 1.86. The molecule has 17 heavy (non-hydrogen) atoms. The Labute approximate surface area is 101 Å². The first-order chi connectivity index (χ1) is 8.36. The van der Waals surface area contributed by atoms with Crippen LogP contribution in [0, 0.1) is 0 Å². The Morgan fingerprint density at radius 2 is 2.06 bits per heavy atom. The van der Waals surface area contributed by atoms with Gasteiger partial charge in [-0.2, -0.15) is 0 Å². The van der Waals surface area contributed by atoms with E-state index in [0.29, 0.717) is 6.54 Å². The van der Waals surface area contributed by atoms with Crippen molar-refractivity contribution >= 4 is 12.1 Å². The maximum Gasteiger partial charge on any atom is 0.325 e. The molecule has 3 heteroatoms. The molecule has 0 atom stereocenters. The lowest BCUT2D eigenvalue weighted by Crippen LogP contribution is -2.34. The van der Waals surface area contributed by atoms with Crippen LogP contribution in [0.2, 0.25) is 0 Å². The second-order valence-electron chi connectivity index (χ2n) is 3.62. The number of urea groups is 1. The van der Waals surface area contributed by atoms with Gasteiger partial charge in [-0.3, -0.25) is 4.90 Å². The average Bonchev–Trinajstić information content (AvgIpc) is 2.41. The Bertz CT molecular complexity index is 460. The second kappa shape index (κ2) is 5.70. The maximum atomic E-state index is 11.7. The number of hydrogen-bond donors (Lipinski definition) is 1. The molecule has 1 N–H and O–H groups in total. The highest BCUT2D eigenvalue weighted by molar-refractivity contribution is 5.77. The van der Waals surface area contributed by atoms with Gasteiger partial charge in [0.2, 0.25) is 0 Å². The fraction of sp³-hybridized carbons (Fsp3) is 0.0714. The van der Waals surface area contributed by atoms with E-state index in [-0.39, 0.29) is 6.03 Å². The molecule has 0 unspecified atom stereocenters. The van der Waals surface area contributed by atoms with Crippen molar-refractivity contribution in [2.45, 2.75) is 0 Å². The largest absolute Gasteiger partial charge is 0.325 e. The second-order valence-corrected chi connectivity index (χ2v) is 3.62. The normalized spacial score (nSPS) is 14.2. The molecular weight excluding hydrogens is 212 g/mol. The molecule has 0 spiro atoms. The van der Waals surface area contributed by atoms with E-state index < -0.39 is 0 Å². The maximum absolute atomic E-state index is 11.7. The van der Waals surface area contributed by atoms with E-state index in [1.807, 2.05) is 54.6 Å². The van der Waals surface area contributed by atoms with Crippen LogP contribution in [-0.2, 0) is 0 Å². The lowest BCUT2D eigenvalue weighted by Gasteiger charge is -2.17. The van der Waals surface area contributed by atoms with Crippen molar-refractivity contribution in [2.24, 2.45) is 0 Å². The van der Waals surface area contributed by atoms with Gasteiger partial charge in [-0.05, 0) is 17.7 Å². The molecule has 86 valence electrons. The summed E-state index contributed by atoms with van der Waals surface area (Å²) in [5.41, 5.74) is 1.06. The predicted molar refractivity (Wildman–Crippen MR) is 69.0 cm³/mol. The quantitative estimate of drug-likeness (QED) is 0.826. The molecule has 3 nitrogen and oxygen atoms in total. The summed E-state index contributed by atoms with van der Waals surface area (Å²) in [7, 11) is 0. The van der Waals surface area contributed by atoms with Gasteiger partial charge in [-0.1, -0.05) is 42.5 Å². The van der Waals surface area contributed by atoms with Crippen LogP contribution in [0.15, 0.2) is 61.0 Å². The molecular formula is C14H14N2O. The molecule has 0 bridgehead atoms. The monoisotopic (exact) mass is 226 g/mol. The minimum absolute atomic E-state index is 0.127. The summed E-state index contributed by atoms with van der Waals surface area (Å²) in [6, 6.07) is 9.70. The Morgan fingerprint density at radius 3 is 2.76 bits per heavy atom. The van der Waals surface area contributed by atoms with Gasteiger partial charge in [-0.15, -0.1) is 0 Å². The van der Waals surface area contributed by atoms with E-state index in [0.717, 1.165) is 5.56 Å². The molecule has 1 heterocycles. The summed E-state index contributed by atoms with van der Waals surface area (Å²) in [5.74, 6) is 0. The number of nitrogens with one attached hydrogen (secondary N) is 1. The van der Waals surface area contributed by atoms with Crippen molar-refractivity contribution in [1.29, 1.82) is 0 Å². The summed E-state index contributed by atoms with van der Waals surface area (Å²) in [6.45, 7) is 0.613. The van der Waals surface area contributed by atoms with Crippen molar-refractivity contribution in [3.05, 3.63) is 66.5 Å². The number of hydrogen-bond acceptors (Lipinski definition) is 1. The van der Waals surface area contributed by atoms with Gasteiger partial charge in [0.05, 0.1) is 0 Å². The SMILES string of the molecule is O=C(NC=Cc1ccccc1)N1C=CC=CC1. The minimum Gasteiger partial charge on any atom is -0.314 e. The van der Waals surface area contributed by atoms with Crippen molar-refractivity contribution in [2.75, 3.05) is 6.54 Å². The van der Waals surface area contributed by atoms with Crippen LogP contribution in [-0.4, -0.2) is 17.5 Å². The third-order valence-electron chi connectivity index (χ3n) is 2.36. The Kier molecular flexibility index (Phi) is 3.76. The number of amides is 2. The van der Waals surface area contributed by atoms with Gasteiger partial charge >= 0.3 is 6.03 Å². The van der Waals surface area contributed by atoms with Crippen molar-refractivity contribution < 1.29 is 4.79 Å². The molecule has 1 aliphatic heterocycles. The third-order valence-corrected chi connectivity index (χ3v) is 2.36. The molecule has 0 saturated heterocycles. The third kappa shape index (κ3) is 3.34. The molecule has 0 radical (unpaired) electrons.